The molecule has 1 aliphatic heterocycles. The third kappa shape index (κ3) is 4.64. The number of rotatable bonds is 4. The minimum atomic E-state index is -4.64. The maximum Gasteiger partial charge on any atom is 0.419 e. The predicted octanol–water partition coefficient (Wildman–Crippen LogP) is 5.01. The molecule has 1 amide bonds. The second kappa shape index (κ2) is 9.37. The fourth-order valence-corrected chi connectivity index (χ4v) is 5.40. The van der Waals surface area contributed by atoms with Gasteiger partial charge >= 0.3 is 12.3 Å². The molecule has 2 unspecified atom stereocenters. The SMILES string of the molecule is COC(=O)Nc1cccc2c(-c3nc(N[C@@H]4CNCC5CCCCC54)ncc3C(F)(F)F)c[nH]c12. The summed E-state index contributed by atoms with van der Waals surface area (Å²) in [5, 5.41) is 9.81. The number of para-hydroxylation sites is 1. The molecule has 186 valence electrons. The van der Waals surface area contributed by atoms with Gasteiger partial charge in [-0.3, -0.25) is 5.32 Å². The van der Waals surface area contributed by atoms with Crippen molar-refractivity contribution in [2.45, 2.75) is 37.9 Å². The summed E-state index contributed by atoms with van der Waals surface area (Å²) in [4.78, 5) is 23.1. The van der Waals surface area contributed by atoms with Crippen molar-refractivity contribution in [3.05, 3.63) is 36.2 Å². The first kappa shape index (κ1) is 23.4. The van der Waals surface area contributed by atoms with E-state index in [9.17, 15) is 18.0 Å². The third-order valence-electron chi connectivity index (χ3n) is 7.06. The van der Waals surface area contributed by atoms with E-state index in [-0.39, 0.29) is 23.2 Å². The number of ether oxygens (including phenoxy) is 1. The van der Waals surface area contributed by atoms with Crippen molar-refractivity contribution in [2.24, 2.45) is 11.8 Å². The second-order valence-corrected chi connectivity index (χ2v) is 9.12. The van der Waals surface area contributed by atoms with Crippen molar-refractivity contribution in [3.8, 4) is 11.3 Å². The third-order valence-corrected chi connectivity index (χ3v) is 7.06. The number of methoxy groups -OCH3 is 1. The monoisotopic (exact) mass is 488 g/mol. The standard InChI is InChI=1S/C24H27F3N6O2/c1-35-23(34)32-18-8-4-7-15-16(10-29-21(15)18)20-17(24(25,26)27)11-30-22(33-20)31-19-12-28-9-13-5-2-3-6-14(13)19/h4,7-8,10-11,13-14,19,28-29H,2-3,5-6,9,12H2,1H3,(H,32,34)(H,30,31,33)/t13?,14?,19-/m1/s1. The Morgan fingerprint density at radius 3 is 2.83 bits per heavy atom. The Balaban J connectivity index is 1.53. The Kier molecular flexibility index (Phi) is 6.26. The Bertz CT molecular complexity index is 1230. The van der Waals surface area contributed by atoms with Crippen molar-refractivity contribution in [1.29, 1.82) is 0 Å². The number of aromatic nitrogens is 3. The van der Waals surface area contributed by atoms with Gasteiger partial charge in [-0.25, -0.2) is 14.8 Å². The maximum absolute atomic E-state index is 14.0. The molecule has 1 aromatic carbocycles. The number of aromatic amines is 1. The van der Waals surface area contributed by atoms with E-state index in [4.69, 9.17) is 0 Å². The number of piperidine rings is 1. The molecule has 8 nitrogen and oxygen atoms in total. The largest absolute Gasteiger partial charge is 0.453 e. The molecule has 0 radical (unpaired) electrons. The highest BCUT2D eigenvalue weighted by molar-refractivity contribution is 6.04. The second-order valence-electron chi connectivity index (χ2n) is 9.12. The van der Waals surface area contributed by atoms with Crippen molar-refractivity contribution in [1.82, 2.24) is 20.3 Å². The average molecular weight is 489 g/mol. The van der Waals surface area contributed by atoms with Crippen LogP contribution < -0.4 is 16.0 Å². The highest BCUT2D eigenvalue weighted by Gasteiger charge is 2.38. The number of benzene rings is 1. The van der Waals surface area contributed by atoms with Crippen LogP contribution in [0.4, 0.5) is 29.6 Å². The summed E-state index contributed by atoms with van der Waals surface area (Å²) in [6, 6.07) is 5.01. The summed E-state index contributed by atoms with van der Waals surface area (Å²) in [7, 11) is 1.23. The average Bonchev–Trinajstić information content (AvgIpc) is 3.29. The Morgan fingerprint density at radius 1 is 1.20 bits per heavy atom. The molecular formula is C24H27F3N6O2. The number of anilines is 2. The predicted molar refractivity (Wildman–Crippen MR) is 126 cm³/mol. The number of nitrogens with zero attached hydrogens (tertiary/aromatic N) is 2. The molecule has 35 heavy (non-hydrogen) atoms. The molecule has 1 saturated heterocycles. The Labute approximate surface area is 200 Å². The first-order valence-corrected chi connectivity index (χ1v) is 11.7. The van der Waals surface area contributed by atoms with Crippen LogP contribution in [0, 0.1) is 11.8 Å². The first-order valence-electron chi connectivity index (χ1n) is 11.7. The molecule has 3 heterocycles. The van der Waals surface area contributed by atoms with Crippen LogP contribution in [0.25, 0.3) is 22.2 Å². The number of carbonyl (C=O) groups is 1. The molecule has 2 fully saturated rings. The number of nitrogens with one attached hydrogen (secondary N) is 4. The molecular weight excluding hydrogens is 461 g/mol. The zero-order valence-electron chi connectivity index (χ0n) is 19.2. The normalized spacial score (nSPS) is 22.5. The minimum Gasteiger partial charge on any atom is -0.453 e. The molecule has 2 aliphatic rings. The molecule has 5 rings (SSSR count). The van der Waals surface area contributed by atoms with Gasteiger partial charge in [0.1, 0.15) is 5.56 Å². The number of H-pyrrole nitrogens is 1. The van der Waals surface area contributed by atoms with Crippen molar-refractivity contribution < 1.29 is 22.7 Å². The van der Waals surface area contributed by atoms with Crippen LogP contribution >= 0.6 is 0 Å². The molecule has 11 heteroatoms. The zero-order chi connectivity index (χ0) is 24.6. The van der Waals surface area contributed by atoms with Gasteiger partial charge in [-0.15, -0.1) is 0 Å². The van der Waals surface area contributed by atoms with Gasteiger partial charge in [0.25, 0.3) is 0 Å². The van der Waals surface area contributed by atoms with E-state index in [0.717, 1.165) is 38.5 Å². The number of amides is 1. The first-order chi connectivity index (χ1) is 16.8. The fourth-order valence-electron chi connectivity index (χ4n) is 5.40. The molecule has 1 aliphatic carbocycles. The quantitative estimate of drug-likeness (QED) is 0.412. The summed E-state index contributed by atoms with van der Waals surface area (Å²) < 4.78 is 46.5. The highest BCUT2D eigenvalue weighted by atomic mass is 19.4. The smallest absolute Gasteiger partial charge is 0.419 e. The van der Waals surface area contributed by atoms with Crippen LogP contribution in [0.1, 0.15) is 31.2 Å². The van der Waals surface area contributed by atoms with Crippen molar-refractivity contribution in [3.63, 3.8) is 0 Å². The van der Waals surface area contributed by atoms with E-state index in [0.29, 0.717) is 28.4 Å². The van der Waals surface area contributed by atoms with E-state index in [2.05, 4.69) is 35.6 Å². The van der Waals surface area contributed by atoms with E-state index >= 15 is 0 Å². The molecule has 0 bridgehead atoms. The van der Waals surface area contributed by atoms with Crippen molar-refractivity contribution in [2.75, 3.05) is 30.8 Å². The van der Waals surface area contributed by atoms with Crippen molar-refractivity contribution >= 4 is 28.6 Å². The van der Waals surface area contributed by atoms with E-state index in [1.54, 1.807) is 18.2 Å². The lowest BCUT2D eigenvalue weighted by atomic mass is 9.73. The van der Waals surface area contributed by atoms with Crippen LogP contribution in [-0.2, 0) is 10.9 Å². The van der Waals surface area contributed by atoms with Gasteiger partial charge in [-0.1, -0.05) is 25.0 Å². The van der Waals surface area contributed by atoms with Gasteiger partial charge < -0.3 is 20.4 Å². The summed E-state index contributed by atoms with van der Waals surface area (Å²) in [5.74, 6) is 1.17. The zero-order valence-corrected chi connectivity index (χ0v) is 19.2. The van der Waals surface area contributed by atoms with Gasteiger partial charge in [0, 0.05) is 35.9 Å². The molecule has 3 atom stereocenters. The Hall–Kier alpha value is -3.34. The van der Waals surface area contributed by atoms with Gasteiger partial charge in [-0.05, 0) is 37.3 Å². The Morgan fingerprint density at radius 2 is 2.03 bits per heavy atom. The summed E-state index contributed by atoms with van der Waals surface area (Å²) in [6.07, 6.45) is 1.62. The lowest BCUT2D eigenvalue weighted by molar-refractivity contribution is -0.137. The van der Waals surface area contributed by atoms with Crippen LogP contribution in [-0.4, -0.2) is 47.3 Å². The molecule has 2 aromatic heterocycles. The highest BCUT2D eigenvalue weighted by Crippen LogP contribution is 2.40. The fraction of sp³-hybridized carbons (Fsp3) is 0.458. The summed E-state index contributed by atoms with van der Waals surface area (Å²) in [5.41, 5.74) is -0.0227. The van der Waals surface area contributed by atoms with Gasteiger partial charge in [-0.2, -0.15) is 13.2 Å². The molecule has 1 saturated carbocycles. The molecule has 4 N–H and O–H groups in total. The minimum absolute atomic E-state index is 0.0532. The van der Waals surface area contributed by atoms with Crippen LogP contribution in [0.3, 0.4) is 0 Å². The van der Waals surface area contributed by atoms with Crippen LogP contribution in [0.15, 0.2) is 30.6 Å². The van der Waals surface area contributed by atoms with Gasteiger partial charge in [0.2, 0.25) is 5.95 Å². The molecule has 0 spiro atoms. The lowest BCUT2D eigenvalue weighted by Gasteiger charge is -2.42. The van der Waals surface area contributed by atoms with E-state index in [1.165, 1.54) is 19.7 Å². The van der Waals surface area contributed by atoms with E-state index < -0.39 is 17.8 Å². The lowest BCUT2D eigenvalue weighted by Crippen LogP contribution is -2.51. The number of hydrogen-bond acceptors (Lipinski definition) is 6. The van der Waals surface area contributed by atoms with Crippen LogP contribution in [0.2, 0.25) is 0 Å². The summed E-state index contributed by atoms with van der Waals surface area (Å²) >= 11 is 0. The maximum atomic E-state index is 14.0. The van der Waals surface area contributed by atoms with Gasteiger partial charge in [0.05, 0.1) is 24.0 Å². The van der Waals surface area contributed by atoms with E-state index in [1.807, 2.05) is 0 Å². The van der Waals surface area contributed by atoms with Crippen LogP contribution in [0.5, 0.6) is 0 Å². The number of fused-ring (bicyclic) bond motifs is 2. The molecule has 3 aromatic rings. The summed E-state index contributed by atoms with van der Waals surface area (Å²) in [6.45, 7) is 1.69. The number of hydrogen-bond donors (Lipinski definition) is 4. The topological polar surface area (TPSA) is 104 Å². The number of alkyl halides is 3. The number of halogens is 3. The van der Waals surface area contributed by atoms with Gasteiger partial charge in [0.15, 0.2) is 0 Å². The number of carbonyl (C=O) groups excluding carboxylic acids is 1.